The Hall–Kier alpha value is -1.93. The molecule has 2 heterocycles. The first kappa shape index (κ1) is 15.9. The van der Waals surface area contributed by atoms with Crippen LogP contribution in [0.5, 0.6) is 0 Å². The van der Waals surface area contributed by atoms with Crippen molar-refractivity contribution in [2.24, 2.45) is 0 Å². The second-order valence-corrected chi connectivity index (χ2v) is 7.97. The molecule has 1 aromatic heterocycles. The van der Waals surface area contributed by atoms with Crippen LogP contribution < -0.4 is 5.69 Å². The molecule has 0 saturated carbocycles. The average Bonchev–Trinajstić information content (AvgIpc) is 2.82. The summed E-state index contributed by atoms with van der Waals surface area (Å²) in [6.07, 6.45) is 3.61. The lowest BCUT2D eigenvalue weighted by molar-refractivity contribution is -0.109. The molecule has 0 bridgehead atoms. The zero-order valence-electron chi connectivity index (χ0n) is 12.9. The SMILES string of the molecule is CS(=O)(=O)c1ccc2c(c1)[nH]c(=O)n2C1CCN(CC=O)CC1. The molecule has 2 aromatic rings. The normalized spacial score (nSPS) is 17.6. The minimum absolute atomic E-state index is 0.0586. The van der Waals surface area contributed by atoms with Gasteiger partial charge in [-0.1, -0.05) is 0 Å². The number of hydrogen-bond donors (Lipinski definition) is 1. The van der Waals surface area contributed by atoms with Gasteiger partial charge in [-0.05, 0) is 31.0 Å². The van der Waals surface area contributed by atoms with Crippen molar-refractivity contribution in [1.29, 1.82) is 0 Å². The highest BCUT2D eigenvalue weighted by atomic mass is 32.2. The van der Waals surface area contributed by atoms with Gasteiger partial charge in [-0.15, -0.1) is 0 Å². The van der Waals surface area contributed by atoms with Gasteiger partial charge in [0.05, 0.1) is 22.5 Å². The Morgan fingerprint density at radius 3 is 2.61 bits per heavy atom. The molecule has 1 aromatic carbocycles. The molecule has 124 valence electrons. The van der Waals surface area contributed by atoms with Gasteiger partial charge in [0.25, 0.3) is 0 Å². The number of benzene rings is 1. The minimum atomic E-state index is -3.31. The smallest absolute Gasteiger partial charge is 0.305 e. The molecular weight excluding hydrogens is 318 g/mol. The first-order valence-corrected chi connectivity index (χ1v) is 9.39. The van der Waals surface area contributed by atoms with Crippen molar-refractivity contribution in [1.82, 2.24) is 14.5 Å². The van der Waals surface area contributed by atoms with E-state index in [1.54, 1.807) is 10.6 Å². The van der Waals surface area contributed by atoms with Gasteiger partial charge in [0.15, 0.2) is 9.84 Å². The lowest BCUT2D eigenvalue weighted by Gasteiger charge is -2.31. The van der Waals surface area contributed by atoms with Crippen molar-refractivity contribution in [2.45, 2.75) is 23.8 Å². The van der Waals surface area contributed by atoms with E-state index in [4.69, 9.17) is 0 Å². The molecule has 23 heavy (non-hydrogen) atoms. The third-order valence-electron chi connectivity index (χ3n) is 4.37. The molecule has 7 nitrogen and oxygen atoms in total. The fourth-order valence-corrected chi connectivity index (χ4v) is 3.82. The van der Waals surface area contributed by atoms with Crippen LogP contribution in [0.15, 0.2) is 27.9 Å². The Morgan fingerprint density at radius 1 is 1.30 bits per heavy atom. The number of piperidine rings is 1. The molecule has 8 heteroatoms. The van der Waals surface area contributed by atoms with Crippen LogP contribution >= 0.6 is 0 Å². The number of sulfone groups is 1. The molecule has 3 rings (SSSR count). The summed E-state index contributed by atoms with van der Waals surface area (Å²) >= 11 is 0. The predicted octanol–water partition coefficient (Wildman–Crippen LogP) is 0.569. The zero-order chi connectivity index (χ0) is 16.6. The van der Waals surface area contributed by atoms with E-state index in [2.05, 4.69) is 9.88 Å². The van der Waals surface area contributed by atoms with Crippen molar-refractivity contribution < 1.29 is 13.2 Å². The van der Waals surface area contributed by atoms with Crippen LogP contribution in [0.25, 0.3) is 11.0 Å². The quantitative estimate of drug-likeness (QED) is 0.824. The predicted molar refractivity (Wildman–Crippen MR) is 86.4 cm³/mol. The lowest BCUT2D eigenvalue weighted by Crippen LogP contribution is -2.37. The highest BCUT2D eigenvalue weighted by Crippen LogP contribution is 2.25. The first-order valence-electron chi connectivity index (χ1n) is 7.50. The molecule has 1 fully saturated rings. The summed E-state index contributed by atoms with van der Waals surface area (Å²) < 4.78 is 25.0. The van der Waals surface area contributed by atoms with Crippen LogP contribution in [0.4, 0.5) is 0 Å². The van der Waals surface area contributed by atoms with E-state index in [0.29, 0.717) is 12.1 Å². The number of likely N-dealkylation sites (tertiary alicyclic amines) is 1. The summed E-state index contributed by atoms with van der Waals surface area (Å²) in [4.78, 5) is 27.9. The van der Waals surface area contributed by atoms with Gasteiger partial charge >= 0.3 is 5.69 Å². The van der Waals surface area contributed by atoms with E-state index in [1.807, 2.05) is 0 Å². The number of aromatic nitrogens is 2. The van der Waals surface area contributed by atoms with Crippen molar-refractivity contribution >= 4 is 27.2 Å². The number of rotatable bonds is 4. The Bertz CT molecular complexity index is 889. The molecule has 1 aliphatic rings. The molecule has 0 spiro atoms. The third-order valence-corrected chi connectivity index (χ3v) is 5.48. The fraction of sp³-hybridized carbons (Fsp3) is 0.467. The van der Waals surface area contributed by atoms with Gasteiger partial charge in [0.1, 0.15) is 6.29 Å². The molecule has 0 atom stereocenters. The maximum atomic E-state index is 12.3. The lowest BCUT2D eigenvalue weighted by atomic mass is 10.0. The highest BCUT2D eigenvalue weighted by molar-refractivity contribution is 7.90. The number of H-pyrrole nitrogens is 1. The number of carbonyl (C=O) groups excluding carboxylic acids is 1. The summed E-state index contributed by atoms with van der Waals surface area (Å²) in [7, 11) is -3.31. The van der Waals surface area contributed by atoms with Crippen molar-refractivity contribution in [2.75, 3.05) is 25.9 Å². The number of aldehydes is 1. The van der Waals surface area contributed by atoms with E-state index in [1.165, 1.54) is 12.1 Å². The third kappa shape index (κ3) is 3.09. The molecule has 0 amide bonds. The zero-order valence-corrected chi connectivity index (χ0v) is 13.7. The Kier molecular flexibility index (Phi) is 4.11. The van der Waals surface area contributed by atoms with Crippen LogP contribution in [0.1, 0.15) is 18.9 Å². The van der Waals surface area contributed by atoms with E-state index >= 15 is 0 Å². The topological polar surface area (TPSA) is 92.2 Å². The van der Waals surface area contributed by atoms with Gasteiger partial charge in [0.2, 0.25) is 0 Å². The second-order valence-electron chi connectivity index (χ2n) is 5.95. The minimum Gasteiger partial charge on any atom is -0.305 e. The molecule has 1 saturated heterocycles. The maximum Gasteiger partial charge on any atom is 0.326 e. The van der Waals surface area contributed by atoms with E-state index in [9.17, 15) is 18.0 Å². The number of nitrogens with one attached hydrogen (secondary N) is 1. The largest absolute Gasteiger partial charge is 0.326 e. The van der Waals surface area contributed by atoms with Crippen LogP contribution in [0.2, 0.25) is 0 Å². The molecule has 0 unspecified atom stereocenters. The molecule has 1 N–H and O–H groups in total. The standard InChI is InChI=1S/C15H19N3O4S/c1-23(21,22)12-2-3-14-13(10-12)16-15(20)18(14)11-4-6-17(7-5-11)8-9-19/h2-3,9-11H,4-8H2,1H3,(H,16,20). The van der Waals surface area contributed by atoms with Crippen molar-refractivity contribution in [3.63, 3.8) is 0 Å². The van der Waals surface area contributed by atoms with E-state index in [-0.39, 0.29) is 16.6 Å². The average molecular weight is 337 g/mol. The summed E-state index contributed by atoms with van der Waals surface area (Å²) in [6.45, 7) is 1.96. The van der Waals surface area contributed by atoms with Crippen molar-refractivity contribution in [3.8, 4) is 0 Å². The number of imidazole rings is 1. The van der Waals surface area contributed by atoms with E-state index < -0.39 is 9.84 Å². The van der Waals surface area contributed by atoms with E-state index in [0.717, 1.165) is 44.0 Å². The summed E-state index contributed by atoms with van der Waals surface area (Å²) in [5.41, 5.74) is 1.03. The number of hydrogen-bond acceptors (Lipinski definition) is 5. The van der Waals surface area contributed by atoms with Crippen LogP contribution in [-0.4, -0.2) is 55.0 Å². The highest BCUT2D eigenvalue weighted by Gasteiger charge is 2.23. The number of nitrogens with zero attached hydrogens (tertiary/aromatic N) is 2. The number of aromatic amines is 1. The monoisotopic (exact) mass is 337 g/mol. The molecule has 0 aliphatic carbocycles. The molecule has 1 aliphatic heterocycles. The van der Waals surface area contributed by atoms with Gasteiger partial charge < -0.3 is 9.78 Å². The van der Waals surface area contributed by atoms with Gasteiger partial charge in [-0.2, -0.15) is 0 Å². The van der Waals surface area contributed by atoms with Gasteiger partial charge in [-0.25, -0.2) is 13.2 Å². The Labute approximate surface area is 133 Å². The summed E-state index contributed by atoms with van der Waals surface area (Å²) in [5.74, 6) is 0. The summed E-state index contributed by atoms with van der Waals surface area (Å²) in [6, 6.07) is 4.78. The van der Waals surface area contributed by atoms with Crippen LogP contribution in [0, 0.1) is 0 Å². The van der Waals surface area contributed by atoms with Crippen LogP contribution in [0.3, 0.4) is 0 Å². The maximum absolute atomic E-state index is 12.3. The molecular formula is C15H19N3O4S. The second kappa shape index (κ2) is 5.93. The van der Waals surface area contributed by atoms with Crippen molar-refractivity contribution in [3.05, 3.63) is 28.7 Å². The Morgan fingerprint density at radius 2 is 2.00 bits per heavy atom. The van der Waals surface area contributed by atoms with Crippen LogP contribution in [-0.2, 0) is 14.6 Å². The number of carbonyl (C=O) groups is 1. The molecule has 0 radical (unpaired) electrons. The van der Waals surface area contributed by atoms with Gasteiger partial charge in [0, 0.05) is 25.4 Å². The first-order chi connectivity index (χ1) is 10.9. The summed E-state index contributed by atoms with van der Waals surface area (Å²) in [5, 5.41) is 0. The fourth-order valence-electron chi connectivity index (χ4n) is 3.17. The van der Waals surface area contributed by atoms with Gasteiger partial charge in [-0.3, -0.25) is 9.47 Å². The Balaban J connectivity index is 1.95. The number of fused-ring (bicyclic) bond motifs is 1.